The molecule has 0 aliphatic rings. The molecule has 1 unspecified atom stereocenters. The van der Waals surface area contributed by atoms with Crippen molar-refractivity contribution in [2.75, 3.05) is 7.05 Å². The van der Waals surface area contributed by atoms with Crippen molar-refractivity contribution in [3.05, 3.63) is 70.7 Å². The third-order valence-electron chi connectivity index (χ3n) is 4.17. The molecule has 1 atom stereocenters. The molecule has 0 bridgehead atoms. The summed E-state index contributed by atoms with van der Waals surface area (Å²) in [6, 6.07) is 11.4. The van der Waals surface area contributed by atoms with Gasteiger partial charge in [0.25, 0.3) is 0 Å². The number of nitrogens with zero attached hydrogens (tertiary/aromatic N) is 4. The summed E-state index contributed by atoms with van der Waals surface area (Å²) in [7, 11) is -2.18. The van der Waals surface area contributed by atoms with Gasteiger partial charge in [0.2, 0.25) is 10.0 Å². The summed E-state index contributed by atoms with van der Waals surface area (Å²) in [4.78, 5) is 4.01. The SMILES string of the molecule is CC(c1ccc(-n2cncn2)cc1)N(C)S(=O)(=O)c1ccc(Cl)c(Cl)c1. The van der Waals surface area contributed by atoms with Crippen molar-refractivity contribution in [2.24, 2.45) is 0 Å². The molecule has 0 fully saturated rings. The van der Waals surface area contributed by atoms with E-state index < -0.39 is 10.0 Å². The first-order valence-electron chi connectivity index (χ1n) is 7.69. The average Bonchev–Trinajstić information content (AvgIpc) is 3.17. The highest BCUT2D eigenvalue weighted by atomic mass is 35.5. The highest BCUT2D eigenvalue weighted by Crippen LogP contribution is 2.30. The molecular formula is C17H16Cl2N4O2S. The Kier molecular flexibility index (Phi) is 5.34. The standard InChI is InChI=1S/C17H16Cl2N4O2S/c1-12(13-3-5-14(6-4-13)23-11-20-10-21-23)22(2)26(24,25)15-7-8-16(18)17(19)9-15/h3-12H,1-2H3. The second kappa shape index (κ2) is 7.36. The molecule has 3 rings (SSSR count). The first-order valence-corrected chi connectivity index (χ1v) is 9.88. The predicted octanol–water partition coefficient (Wildman–Crippen LogP) is 3.96. The average molecular weight is 411 g/mol. The van der Waals surface area contributed by atoms with Crippen LogP contribution in [0.1, 0.15) is 18.5 Å². The first-order chi connectivity index (χ1) is 12.3. The van der Waals surface area contributed by atoms with E-state index in [1.807, 2.05) is 31.2 Å². The van der Waals surface area contributed by atoms with Gasteiger partial charge in [-0.1, -0.05) is 35.3 Å². The minimum atomic E-state index is -3.72. The molecule has 26 heavy (non-hydrogen) atoms. The van der Waals surface area contributed by atoms with Crippen molar-refractivity contribution >= 4 is 33.2 Å². The number of hydrogen-bond acceptors (Lipinski definition) is 4. The lowest BCUT2D eigenvalue weighted by Crippen LogP contribution is -2.29. The van der Waals surface area contributed by atoms with Gasteiger partial charge in [-0.25, -0.2) is 18.1 Å². The molecule has 3 aromatic rings. The zero-order valence-corrected chi connectivity index (χ0v) is 16.4. The van der Waals surface area contributed by atoms with Gasteiger partial charge >= 0.3 is 0 Å². The lowest BCUT2D eigenvalue weighted by molar-refractivity contribution is 0.398. The van der Waals surface area contributed by atoms with E-state index in [0.29, 0.717) is 5.02 Å². The molecule has 0 N–H and O–H groups in total. The van der Waals surface area contributed by atoms with Crippen LogP contribution in [-0.2, 0) is 10.0 Å². The van der Waals surface area contributed by atoms with Gasteiger partial charge in [-0.15, -0.1) is 0 Å². The lowest BCUT2D eigenvalue weighted by atomic mass is 10.1. The molecule has 0 saturated heterocycles. The van der Waals surface area contributed by atoms with Crippen LogP contribution in [0.15, 0.2) is 60.0 Å². The third-order valence-corrected chi connectivity index (χ3v) is 6.84. The fourth-order valence-electron chi connectivity index (χ4n) is 2.47. The molecule has 0 radical (unpaired) electrons. The van der Waals surface area contributed by atoms with Gasteiger partial charge in [-0.2, -0.15) is 9.40 Å². The summed E-state index contributed by atoms with van der Waals surface area (Å²) in [5.74, 6) is 0. The first kappa shape index (κ1) is 18.8. The Bertz CT molecular complexity index is 1010. The maximum Gasteiger partial charge on any atom is 0.243 e. The van der Waals surface area contributed by atoms with Crippen LogP contribution in [0.5, 0.6) is 0 Å². The molecule has 0 aliphatic carbocycles. The molecule has 9 heteroatoms. The highest BCUT2D eigenvalue weighted by Gasteiger charge is 2.26. The topological polar surface area (TPSA) is 68.1 Å². The van der Waals surface area contributed by atoms with E-state index in [0.717, 1.165) is 11.3 Å². The van der Waals surface area contributed by atoms with Crippen LogP contribution < -0.4 is 0 Å². The van der Waals surface area contributed by atoms with Crippen molar-refractivity contribution in [1.29, 1.82) is 0 Å². The maximum atomic E-state index is 12.9. The summed E-state index contributed by atoms with van der Waals surface area (Å²) in [5, 5.41) is 4.58. The zero-order valence-electron chi connectivity index (χ0n) is 14.0. The number of halogens is 2. The summed E-state index contributed by atoms with van der Waals surface area (Å²) in [6.45, 7) is 1.82. The molecular weight excluding hydrogens is 395 g/mol. The van der Waals surface area contributed by atoms with Gasteiger partial charge in [-0.05, 0) is 42.8 Å². The quantitative estimate of drug-likeness (QED) is 0.638. The van der Waals surface area contributed by atoms with Crippen LogP contribution in [0, 0.1) is 0 Å². The van der Waals surface area contributed by atoms with Crippen LogP contribution in [0.3, 0.4) is 0 Å². The van der Waals surface area contributed by atoms with Crippen LogP contribution in [0.25, 0.3) is 5.69 Å². The van der Waals surface area contributed by atoms with Crippen molar-refractivity contribution in [1.82, 2.24) is 19.1 Å². The Hall–Kier alpha value is -1.93. The number of benzene rings is 2. The Labute approximate surface area is 162 Å². The highest BCUT2D eigenvalue weighted by molar-refractivity contribution is 7.89. The van der Waals surface area contributed by atoms with E-state index in [1.54, 1.807) is 11.0 Å². The summed E-state index contributed by atoms with van der Waals surface area (Å²) < 4.78 is 28.7. The monoisotopic (exact) mass is 410 g/mol. The lowest BCUT2D eigenvalue weighted by Gasteiger charge is -2.25. The minimum Gasteiger partial charge on any atom is -0.223 e. The molecule has 0 spiro atoms. The van der Waals surface area contributed by atoms with Gasteiger partial charge in [0, 0.05) is 13.1 Å². The van der Waals surface area contributed by atoms with Crippen molar-refractivity contribution in [3.63, 3.8) is 0 Å². The Morgan fingerprint density at radius 3 is 2.35 bits per heavy atom. The summed E-state index contributed by atoms with van der Waals surface area (Å²) in [6.07, 6.45) is 3.05. The van der Waals surface area contributed by atoms with E-state index in [-0.39, 0.29) is 16.0 Å². The van der Waals surface area contributed by atoms with E-state index >= 15 is 0 Å². The van der Waals surface area contributed by atoms with Gasteiger partial charge in [0.1, 0.15) is 12.7 Å². The van der Waals surface area contributed by atoms with Crippen molar-refractivity contribution < 1.29 is 8.42 Å². The van der Waals surface area contributed by atoms with E-state index in [1.165, 1.54) is 35.9 Å². The fraction of sp³-hybridized carbons (Fsp3) is 0.176. The van der Waals surface area contributed by atoms with E-state index in [4.69, 9.17) is 23.2 Å². The summed E-state index contributed by atoms with van der Waals surface area (Å²) in [5.41, 5.74) is 1.69. The van der Waals surface area contributed by atoms with Crippen LogP contribution in [0.4, 0.5) is 0 Å². The number of hydrogen-bond donors (Lipinski definition) is 0. The van der Waals surface area contributed by atoms with Crippen LogP contribution in [0.2, 0.25) is 10.0 Å². The maximum absolute atomic E-state index is 12.9. The van der Waals surface area contributed by atoms with Gasteiger partial charge in [0.05, 0.1) is 20.6 Å². The largest absolute Gasteiger partial charge is 0.243 e. The normalized spacial score (nSPS) is 13.1. The molecule has 2 aromatic carbocycles. The number of aromatic nitrogens is 3. The van der Waals surface area contributed by atoms with Gasteiger partial charge in [0.15, 0.2) is 0 Å². The van der Waals surface area contributed by atoms with E-state index in [2.05, 4.69) is 10.1 Å². The molecule has 0 saturated carbocycles. The minimum absolute atomic E-state index is 0.0977. The molecule has 6 nitrogen and oxygen atoms in total. The molecule has 0 aliphatic heterocycles. The van der Waals surface area contributed by atoms with E-state index in [9.17, 15) is 8.42 Å². The Morgan fingerprint density at radius 1 is 1.08 bits per heavy atom. The number of sulfonamides is 1. The van der Waals surface area contributed by atoms with Gasteiger partial charge in [-0.3, -0.25) is 0 Å². The van der Waals surface area contributed by atoms with Gasteiger partial charge < -0.3 is 0 Å². The van der Waals surface area contributed by atoms with Crippen LogP contribution >= 0.6 is 23.2 Å². The Balaban J connectivity index is 1.86. The molecule has 136 valence electrons. The van der Waals surface area contributed by atoms with Crippen LogP contribution in [-0.4, -0.2) is 34.5 Å². The molecule has 1 aromatic heterocycles. The second-order valence-electron chi connectivity index (χ2n) is 5.70. The zero-order chi connectivity index (χ0) is 18.9. The fourth-order valence-corrected chi connectivity index (χ4v) is 4.21. The Morgan fingerprint density at radius 2 is 1.77 bits per heavy atom. The number of rotatable bonds is 5. The molecule has 0 amide bonds. The predicted molar refractivity (Wildman–Crippen MR) is 101 cm³/mol. The van der Waals surface area contributed by atoms with Crippen molar-refractivity contribution in [2.45, 2.75) is 17.9 Å². The van der Waals surface area contributed by atoms with Crippen molar-refractivity contribution in [3.8, 4) is 5.69 Å². The second-order valence-corrected chi connectivity index (χ2v) is 8.52. The summed E-state index contributed by atoms with van der Waals surface area (Å²) >= 11 is 11.8. The third kappa shape index (κ3) is 3.61. The smallest absolute Gasteiger partial charge is 0.223 e. The molecule has 1 heterocycles.